The molecule has 0 saturated carbocycles. The van der Waals surface area contributed by atoms with Gasteiger partial charge in [-0.2, -0.15) is 0 Å². The fourth-order valence-electron chi connectivity index (χ4n) is 1.91. The number of aromatic hydroxyl groups is 1. The second-order valence-electron chi connectivity index (χ2n) is 4.26. The summed E-state index contributed by atoms with van der Waals surface area (Å²) in [5.41, 5.74) is 1.32. The van der Waals surface area contributed by atoms with E-state index in [1.165, 1.54) is 0 Å². The number of aromatic nitrogens is 4. The molecule has 0 amide bonds. The number of hydrogen-bond donors (Lipinski definition) is 1. The summed E-state index contributed by atoms with van der Waals surface area (Å²) in [6, 6.07) is 10.8. The minimum absolute atomic E-state index is 0.163. The van der Waals surface area contributed by atoms with Crippen LogP contribution in [0.25, 0.3) is 22.9 Å². The Hall–Kier alpha value is -2.21. The Morgan fingerprint density at radius 1 is 1.20 bits per heavy atom. The van der Waals surface area contributed by atoms with Gasteiger partial charge in [-0.3, -0.25) is 4.98 Å². The molecule has 0 unspecified atom stereocenters. The maximum atomic E-state index is 9.98. The molecule has 100 valence electrons. The van der Waals surface area contributed by atoms with Crippen molar-refractivity contribution in [2.24, 2.45) is 7.05 Å². The Morgan fingerprint density at radius 2 is 2.05 bits per heavy atom. The van der Waals surface area contributed by atoms with Crippen LogP contribution >= 0.6 is 15.9 Å². The maximum absolute atomic E-state index is 9.98. The number of halogens is 1. The maximum Gasteiger partial charge on any atom is 0.200 e. The van der Waals surface area contributed by atoms with Gasteiger partial charge in [0.2, 0.25) is 0 Å². The molecule has 3 aromatic rings. The van der Waals surface area contributed by atoms with Crippen molar-refractivity contribution in [2.45, 2.75) is 0 Å². The molecule has 2 heterocycles. The van der Waals surface area contributed by atoms with Crippen molar-refractivity contribution in [1.82, 2.24) is 19.7 Å². The molecule has 1 aromatic carbocycles. The number of rotatable bonds is 2. The summed E-state index contributed by atoms with van der Waals surface area (Å²) in [6.07, 6.45) is 1.70. The highest BCUT2D eigenvalue weighted by atomic mass is 79.9. The van der Waals surface area contributed by atoms with E-state index in [4.69, 9.17) is 0 Å². The van der Waals surface area contributed by atoms with E-state index >= 15 is 0 Å². The van der Waals surface area contributed by atoms with Gasteiger partial charge in [0.05, 0.1) is 5.56 Å². The quantitative estimate of drug-likeness (QED) is 0.784. The Morgan fingerprint density at radius 3 is 2.80 bits per heavy atom. The molecule has 3 rings (SSSR count). The molecule has 2 aromatic heterocycles. The lowest BCUT2D eigenvalue weighted by Crippen LogP contribution is -1.94. The second kappa shape index (κ2) is 5.05. The van der Waals surface area contributed by atoms with Gasteiger partial charge in [-0.15, -0.1) is 5.10 Å². The van der Waals surface area contributed by atoms with Crippen LogP contribution in [-0.2, 0) is 7.05 Å². The van der Waals surface area contributed by atoms with Gasteiger partial charge in [-0.1, -0.05) is 22.0 Å². The predicted octanol–water partition coefficient (Wildman–Crippen LogP) is 3.01. The van der Waals surface area contributed by atoms with Crippen LogP contribution in [0.15, 0.2) is 47.1 Å². The van der Waals surface area contributed by atoms with Crippen LogP contribution in [0.1, 0.15) is 0 Å². The van der Waals surface area contributed by atoms with E-state index in [1.54, 1.807) is 30.1 Å². The summed E-state index contributed by atoms with van der Waals surface area (Å²) in [5, 5.41) is 14.3. The van der Waals surface area contributed by atoms with E-state index in [0.717, 1.165) is 4.47 Å². The third-order valence-corrected chi connectivity index (χ3v) is 3.35. The fourth-order valence-corrected chi connectivity index (χ4v) is 2.27. The van der Waals surface area contributed by atoms with Crippen molar-refractivity contribution < 1.29 is 5.11 Å². The molecule has 0 atom stereocenters. The average molecular weight is 331 g/mol. The number of hydrogen-bond acceptors (Lipinski definition) is 4. The van der Waals surface area contributed by atoms with Gasteiger partial charge in [0, 0.05) is 17.7 Å². The zero-order valence-electron chi connectivity index (χ0n) is 10.7. The summed E-state index contributed by atoms with van der Waals surface area (Å²) >= 11 is 3.39. The standard InChI is InChI=1S/C14H11BrN4O/c1-19-14(10-8-9(15)5-6-12(10)20)17-13(18-19)11-4-2-3-7-16-11/h2-8,20H,1H3. The molecule has 20 heavy (non-hydrogen) atoms. The van der Waals surface area contributed by atoms with E-state index in [2.05, 4.69) is 31.0 Å². The number of benzene rings is 1. The molecular formula is C14H11BrN4O. The molecule has 1 N–H and O–H groups in total. The van der Waals surface area contributed by atoms with Crippen LogP contribution in [0.2, 0.25) is 0 Å². The van der Waals surface area contributed by atoms with E-state index in [-0.39, 0.29) is 5.75 Å². The number of phenolic OH excluding ortho intramolecular Hbond substituents is 1. The van der Waals surface area contributed by atoms with E-state index in [9.17, 15) is 5.11 Å². The molecule has 0 aliphatic heterocycles. The van der Waals surface area contributed by atoms with Crippen LogP contribution in [0.3, 0.4) is 0 Å². The number of pyridine rings is 1. The first-order valence-electron chi connectivity index (χ1n) is 5.96. The summed E-state index contributed by atoms with van der Waals surface area (Å²) in [5.74, 6) is 1.28. The molecular weight excluding hydrogens is 320 g/mol. The van der Waals surface area contributed by atoms with E-state index in [0.29, 0.717) is 22.9 Å². The number of nitrogens with zero attached hydrogens (tertiary/aromatic N) is 4. The van der Waals surface area contributed by atoms with Crippen molar-refractivity contribution in [3.05, 3.63) is 47.1 Å². The van der Waals surface area contributed by atoms with Gasteiger partial charge < -0.3 is 5.11 Å². The minimum Gasteiger partial charge on any atom is -0.507 e. The highest BCUT2D eigenvalue weighted by molar-refractivity contribution is 9.10. The lowest BCUT2D eigenvalue weighted by molar-refractivity contribution is 0.476. The molecule has 0 fully saturated rings. The molecule has 0 radical (unpaired) electrons. The van der Waals surface area contributed by atoms with Crippen LogP contribution in [0.5, 0.6) is 5.75 Å². The summed E-state index contributed by atoms with van der Waals surface area (Å²) in [7, 11) is 1.79. The average Bonchev–Trinajstić information content (AvgIpc) is 2.84. The summed E-state index contributed by atoms with van der Waals surface area (Å²) in [4.78, 5) is 8.69. The van der Waals surface area contributed by atoms with Crippen LogP contribution in [0.4, 0.5) is 0 Å². The Bertz CT molecular complexity index is 755. The number of phenols is 1. The molecule has 0 spiro atoms. The third kappa shape index (κ3) is 2.30. The van der Waals surface area contributed by atoms with E-state index < -0.39 is 0 Å². The molecule has 0 bridgehead atoms. The van der Waals surface area contributed by atoms with Gasteiger partial charge in [0.25, 0.3) is 0 Å². The molecule has 0 aliphatic rings. The SMILES string of the molecule is Cn1nc(-c2ccccn2)nc1-c1cc(Br)ccc1O. The lowest BCUT2D eigenvalue weighted by atomic mass is 10.2. The highest BCUT2D eigenvalue weighted by Crippen LogP contribution is 2.31. The molecule has 0 aliphatic carbocycles. The first kappa shape index (κ1) is 12.8. The lowest BCUT2D eigenvalue weighted by Gasteiger charge is -2.03. The summed E-state index contributed by atoms with van der Waals surface area (Å²) in [6.45, 7) is 0. The highest BCUT2D eigenvalue weighted by Gasteiger charge is 2.15. The number of aryl methyl sites for hydroxylation is 1. The van der Waals surface area contributed by atoms with Crippen molar-refractivity contribution in [3.63, 3.8) is 0 Å². The van der Waals surface area contributed by atoms with Crippen LogP contribution in [0, 0.1) is 0 Å². The zero-order valence-corrected chi connectivity index (χ0v) is 12.2. The van der Waals surface area contributed by atoms with Gasteiger partial charge in [-0.25, -0.2) is 9.67 Å². The minimum atomic E-state index is 0.163. The van der Waals surface area contributed by atoms with Gasteiger partial charge in [-0.05, 0) is 30.3 Å². The Kier molecular flexibility index (Phi) is 3.23. The third-order valence-electron chi connectivity index (χ3n) is 2.86. The van der Waals surface area contributed by atoms with Gasteiger partial charge >= 0.3 is 0 Å². The normalized spacial score (nSPS) is 10.7. The van der Waals surface area contributed by atoms with Crippen molar-refractivity contribution in [2.75, 3.05) is 0 Å². The first-order chi connectivity index (χ1) is 9.65. The van der Waals surface area contributed by atoms with Crippen LogP contribution < -0.4 is 0 Å². The van der Waals surface area contributed by atoms with Crippen LogP contribution in [-0.4, -0.2) is 24.9 Å². The first-order valence-corrected chi connectivity index (χ1v) is 6.76. The fraction of sp³-hybridized carbons (Fsp3) is 0.0714. The van der Waals surface area contributed by atoms with E-state index in [1.807, 2.05) is 24.3 Å². The van der Waals surface area contributed by atoms with Gasteiger partial charge in [0.1, 0.15) is 11.4 Å². The Balaban J connectivity index is 2.12. The predicted molar refractivity (Wildman–Crippen MR) is 79.0 cm³/mol. The molecule has 0 saturated heterocycles. The Labute approximate surface area is 124 Å². The van der Waals surface area contributed by atoms with Crippen molar-refractivity contribution >= 4 is 15.9 Å². The molecule has 6 heteroatoms. The molecule has 5 nitrogen and oxygen atoms in total. The second-order valence-corrected chi connectivity index (χ2v) is 5.17. The monoisotopic (exact) mass is 330 g/mol. The smallest absolute Gasteiger partial charge is 0.200 e. The topological polar surface area (TPSA) is 63.8 Å². The zero-order chi connectivity index (χ0) is 14.1. The van der Waals surface area contributed by atoms with Crippen molar-refractivity contribution in [3.8, 4) is 28.7 Å². The van der Waals surface area contributed by atoms with Crippen molar-refractivity contribution in [1.29, 1.82) is 0 Å². The summed E-state index contributed by atoms with van der Waals surface area (Å²) < 4.78 is 2.50. The largest absolute Gasteiger partial charge is 0.507 e. The van der Waals surface area contributed by atoms with Gasteiger partial charge in [0.15, 0.2) is 11.6 Å².